The van der Waals surface area contributed by atoms with E-state index >= 15 is 0 Å². The highest BCUT2D eigenvalue weighted by molar-refractivity contribution is 7.17. The third-order valence-corrected chi connectivity index (χ3v) is 3.19. The highest BCUT2D eigenvalue weighted by Gasteiger charge is 2.10. The van der Waals surface area contributed by atoms with Gasteiger partial charge in [-0.2, -0.15) is 0 Å². The molecule has 0 aliphatic carbocycles. The lowest BCUT2D eigenvalue weighted by atomic mass is 10.2. The van der Waals surface area contributed by atoms with Crippen molar-refractivity contribution >= 4 is 40.9 Å². The minimum absolute atomic E-state index is 0.115. The van der Waals surface area contributed by atoms with Gasteiger partial charge in [0, 0.05) is 17.5 Å². The van der Waals surface area contributed by atoms with E-state index in [1.165, 1.54) is 24.3 Å². The van der Waals surface area contributed by atoms with Crippen LogP contribution in [0, 0.1) is 5.92 Å². The first-order chi connectivity index (χ1) is 7.99. The Bertz CT molecular complexity index is 442. The standard InChI is InChI=1S/C11H12ClNO3S/c1-7(11(15)16)6-13-10(14)5-3-8-2-4-9(12)17-8/h2-5,7H,6H2,1H3,(H,13,14)(H,15,16). The van der Waals surface area contributed by atoms with Crippen molar-refractivity contribution < 1.29 is 14.7 Å². The number of rotatable bonds is 5. The first-order valence-electron chi connectivity index (χ1n) is 4.93. The zero-order chi connectivity index (χ0) is 12.8. The van der Waals surface area contributed by atoms with Crippen molar-refractivity contribution in [3.05, 3.63) is 27.4 Å². The van der Waals surface area contributed by atoms with E-state index in [1.807, 2.05) is 0 Å². The number of halogens is 1. The number of carboxylic acids is 1. The van der Waals surface area contributed by atoms with Gasteiger partial charge in [-0.3, -0.25) is 9.59 Å². The van der Waals surface area contributed by atoms with Crippen LogP contribution >= 0.6 is 22.9 Å². The molecule has 0 saturated carbocycles. The number of aliphatic carboxylic acids is 1. The number of hydrogen-bond acceptors (Lipinski definition) is 3. The van der Waals surface area contributed by atoms with Crippen LogP contribution in [0.25, 0.3) is 6.08 Å². The summed E-state index contributed by atoms with van der Waals surface area (Å²) in [5.74, 6) is -1.84. The Balaban J connectivity index is 2.39. The Kier molecular flexibility index (Phi) is 5.18. The predicted molar refractivity (Wildman–Crippen MR) is 68.2 cm³/mol. The van der Waals surface area contributed by atoms with Gasteiger partial charge in [-0.25, -0.2) is 0 Å². The molecule has 17 heavy (non-hydrogen) atoms. The Labute approximate surface area is 108 Å². The summed E-state index contributed by atoms with van der Waals surface area (Å²) in [6.07, 6.45) is 2.99. The Hall–Kier alpha value is -1.33. The molecule has 1 rings (SSSR count). The molecule has 0 bridgehead atoms. The van der Waals surface area contributed by atoms with Crippen LogP contribution in [0.1, 0.15) is 11.8 Å². The van der Waals surface area contributed by atoms with Crippen LogP contribution in [0.5, 0.6) is 0 Å². The molecule has 1 heterocycles. The quantitative estimate of drug-likeness (QED) is 0.809. The summed E-state index contributed by atoms with van der Waals surface area (Å²) >= 11 is 7.10. The average molecular weight is 274 g/mol. The Morgan fingerprint density at radius 1 is 1.59 bits per heavy atom. The second-order valence-electron chi connectivity index (χ2n) is 3.46. The third kappa shape index (κ3) is 5.01. The molecule has 1 aromatic rings. The molecule has 1 aromatic heterocycles. The summed E-state index contributed by atoms with van der Waals surface area (Å²) in [6.45, 7) is 1.65. The number of amides is 1. The highest BCUT2D eigenvalue weighted by Crippen LogP contribution is 2.22. The fourth-order valence-corrected chi connectivity index (χ4v) is 1.94. The Morgan fingerprint density at radius 3 is 2.82 bits per heavy atom. The van der Waals surface area contributed by atoms with Crippen molar-refractivity contribution in [3.63, 3.8) is 0 Å². The van der Waals surface area contributed by atoms with Crippen LogP contribution in [0.15, 0.2) is 18.2 Å². The molecular formula is C11H12ClNO3S. The molecule has 2 N–H and O–H groups in total. The molecule has 1 unspecified atom stereocenters. The molecule has 4 nitrogen and oxygen atoms in total. The van der Waals surface area contributed by atoms with E-state index in [1.54, 1.807) is 18.2 Å². The van der Waals surface area contributed by atoms with Crippen molar-refractivity contribution in [2.24, 2.45) is 5.92 Å². The predicted octanol–water partition coefficient (Wildman–Crippen LogP) is 2.25. The largest absolute Gasteiger partial charge is 0.481 e. The van der Waals surface area contributed by atoms with E-state index < -0.39 is 11.9 Å². The zero-order valence-electron chi connectivity index (χ0n) is 9.14. The molecule has 92 valence electrons. The van der Waals surface area contributed by atoms with Crippen molar-refractivity contribution in [1.29, 1.82) is 0 Å². The van der Waals surface area contributed by atoms with Gasteiger partial charge in [-0.05, 0) is 18.2 Å². The SMILES string of the molecule is CC(CNC(=O)C=Cc1ccc(Cl)s1)C(=O)O. The van der Waals surface area contributed by atoms with Gasteiger partial charge in [0.25, 0.3) is 0 Å². The van der Waals surface area contributed by atoms with Gasteiger partial charge in [-0.1, -0.05) is 18.5 Å². The zero-order valence-corrected chi connectivity index (χ0v) is 10.7. The normalized spacial score (nSPS) is 12.6. The van der Waals surface area contributed by atoms with E-state index in [0.29, 0.717) is 4.34 Å². The van der Waals surface area contributed by atoms with Gasteiger partial charge in [0.15, 0.2) is 0 Å². The molecule has 0 spiro atoms. The molecule has 0 aliphatic rings. The van der Waals surface area contributed by atoms with Gasteiger partial charge >= 0.3 is 5.97 Å². The molecule has 0 radical (unpaired) electrons. The minimum atomic E-state index is -0.931. The maximum Gasteiger partial charge on any atom is 0.308 e. The van der Waals surface area contributed by atoms with Crippen LogP contribution < -0.4 is 5.32 Å². The fraction of sp³-hybridized carbons (Fsp3) is 0.273. The first kappa shape index (κ1) is 13.7. The maximum atomic E-state index is 11.3. The summed E-state index contributed by atoms with van der Waals surface area (Å²) < 4.78 is 0.657. The van der Waals surface area contributed by atoms with Crippen LogP contribution in [0.4, 0.5) is 0 Å². The van der Waals surface area contributed by atoms with Crippen molar-refractivity contribution in [1.82, 2.24) is 5.32 Å². The van der Waals surface area contributed by atoms with Gasteiger partial charge in [-0.15, -0.1) is 11.3 Å². The second kappa shape index (κ2) is 6.42. The molecule has 0 aliphatic heterocycles. The van der Waals surface area contributed by atoms with E-state index in [-0.39, 0.29) is 12.5 Å². The summed E-state index contributed by atoms with van der Waals surface area (Å²) in [5.41, 5.74) is 0. The molecule has 0 saturated heterocycles. The number of nitrogens with one attached hydrogen (secondary N) is 1. The summed E-state index contributed by atoms with van der Waals surface area (Å²) in [4.78, 5) is 22.7. The molecule has 1 amide bonds. The van der Waals surface area contributed by atoms with Crippen LogP contribution in [0.3, 0.4) is 0 Å². The maximum absolute atomic E-state index is 11.3. The number of thiophene rings is 1. The average Bonchev–Trinajstić information content (AvgIpc) is 2.69. The van der Waals surface area contributed by atoms with E-state index in [0.717, 1.165) is 4.88 Å². The van der Waals surface area contributed by atoms with E-state index in [2.05, 4.69) is 5.32 Å². The number of hydrogen-bond donors (Lipinski definition) is 2. The molecule has 6 heteroatoms. The summed E-state index contributed by atoms with van der Waals surface area (Å²) in [7, 11) is 0. The van der Waals surface area contributed by atoms with Crippen molar-refractivity contribution in [3.8, 4) is 0 Å². The van der Waals surface area contributed by atoms with Gasteiger partial charge < -0.3 is 10.4 Å². The molecular weight excluding hydrogens is 262 g/mol. The van der Waals surface area contributed by atoms with Crippen LogP contribution in [-0.4, -0.2) is 23.5 Å². The number of carbonyl (C=O) groups excluding carboxylic acids is 1. The van der Waals surface area contributed by atoms with Gasteiger partial charge in [0.2, 0.25) is 5.91 Å². The third-order valence-electron chi connectivity index (χ3n) is 2.00. The second-order valence-corrected chi connectivity index (χ2v) is 5.21. The number of carboxylic acid groups (broad SMARTS) is 1. The van der Waals surface area contributed by atoms with Crippen molar-refractivity contribution in [2.75, 3.05) is 6.54 Å². The lowest BCUT2D eigenvalue weighted by molar-refractivity contribution is -0.141. The van der Waals surface area contributed by atoms with Crippen molar-refractivity contribution in [2.45, 2.75) is 6.92 Å². The van der Waals surface area contributed by atoms with Gasteiger partial charge in [0.05, 0.1) is 10.3 Å². The smallest absolute Gasteiger partial charge is 0.308 e. The highest BCUT2D eigenvalue weighted by atomic mass is 35.5. The molecule has 1 atom stereocenters. The minimum Gasteiger partial charge on any atom is -0.481 e. The topological polar surface area (TPSA) is 66.4 Å². The van der Waals surface area contributed by atoms with E-state index in [9.17, 15) is 9.59 Å². The Morgan fingerprint density at radius 2 is 2.29 bits per heavy atom. The lowest BCUT2D eigenvalue weighted by Gasteiger charge is -2.05. The number of carbonyl (C=O) groups is 2. The fourth-order valence-electron chi connectivity index (χ4n) is 0.976. The van der Waals surface area contributed by atoms with Crippen LogP contribution in [-0.2, 0) is 9.59 Å². The van der Waals surface area contributed by atoms with E-state index in [4.69, 9.17) is 16.7 Å². The first-order valence-corrected chi connectivity index (χ1v) is 6.12. The monoisotopic (exact) mass is 273 g/mol. The molecule has 0 aromatic carbocycles. The summed E-state index contributed by atoms with van der Waals surface area (Å²) in [6, 6.07) is 3.55. The molecule has 0 fully saturated rings. The van der Waals surface area contributed by atoms with Crippen LogP contribution in [0.2, 0.25) is 4.34 Å². The van der Waals surface area contributed by atoms with Gasteiger partial charge in [0.1, 0.15) is 0 Å². The summed E-state index contributed by atoms with van der Waals surface area (Å²) in [5, 5.41) is 11.1. The lowest BCUT2D eigenvalue weighted by Crippen LogP contribution is -2.30.